The molecular formula is C20H24N2O3. The molecule has 0 aromatic heterocycles. The summed E-state index contributed by atoms with van der Waals surface area (Å²) in [5.74, 6) is -1.03. The van der Waals surface area contributed by atoms with Gasteiger partial charge in [0.15, 0.2) is 0 Å². The Morgan fingerprint density at radius 1 is 1.16 bits per heavy atom. The van der Waals surface area contributed by atoms with Crippen LogP contribution in [0.1, 0.15) is 38.3 Å². The Labute approximate surface area is 147 Å². The third-order valence-corrected chi connectivity index (χ3v) is 4.85. The Bertz CT molecular complexity index is 785. The molecule has 2 atom stereocenters. The maximum Gasteiger partial charge on any atom is 0.320 e. The number of carbonyl (C=O) groups excluding carboxylic acids is 1. The molecular weight excluding hydrogens is 316 g/mol. The fourth-order valence-electron chi connectivity index (χ4n) is 3.14. The van der Waals surface area contributed by atoms with Crippen LogP contribution >= 0.6 is 0 Å². The topological polar surface area (TPSA) is 69.6 Å². The van der Waals surface area contributed by atoms with Crippen molar-refractivity contribution >= 4 is 22.6 Å². The highest BCUT2D eigenvalue weighted by Gasteiger charge is 2.36. The van der Waals surface area contributed by atoms with Crippen molar-refractivity contribution in [1.82, 2.24) is 10.2 Å². The van der Waals surface area contributed by atoms with Crippen LogP contribution in [-0.4, -0.2) is 40.5 Å². The van der Waals surface area contributed by atoms with Gasteiger partial charge in [-0.1, -0.05) is 36.4 Å². The van der Waals surface area contributed by atoms with Crippen molar-refractivity contribution in [2.75, 3.05) is 6.54 Å². The van der Waals surface area contributed by atoms with Gasteiger partial charge in [0.05, 0.1) is 12.6 Å². The van der Waals surface area contributed by atoms with Crippen molar-refractivity contribution in [1.29, 1.82) is 0 Å². The lowest BCUT2D eigenvalue weighted by atomic mass is 10.0. The lowest BCUT2D eigenvalue weighted by Gasteiger charge is -2.26. The van der Waals surface area contributed by atoms with Gasteiger partial charge < -0.3 is 10.4 Å². The van der Waals surface area contributed by atoms with Crippen LogP contribution < -0.4 is 5.32 Å². The summed E-state index contributed by atoms with van der Waals surface area (Å²) >= 11 is 0. The number of fused-ring (bicyclic) bond motifs is 1. The van der Waals surface area contributed by atoms with E-state index in [4.69, 9.17) is 0 Å². The van der Waals surface area contributed by atoms with E-state index in [0.717, 1.165) is 23.8 Å². The van der Waals surface area contributed by atoms with Crippen molar-refractivity contribution in [3.63, 3.8) is 0 Å². The smallest absolute Gasteiger partial charge is 0.320 e. The van der Waals surface area contributed by atoms with Crippen LogP contribution in [0, 0.1) is 0 Å². The van der Waals surface area contributed by atoms with Crippen LogP contribution in [0.15, 0.2) is 42.5 Å². The molecule has 1 fully saturated rings. The number of aliphatic carboxylic acids is 1. The molecule has 0 heterocycles. The number of carboxylic acid groups (broad SMARTS) is 1. The summed E-state index contributed by atoms with van der Waals surface area (Å²) in [7, 11) is 0. The maximum absolute atomic E-state index is 12.4. The molecule has 1 aliphatic rings. The molecule has 0 saturated heterocycles. The zero-order valence-electron chi connectivity index (χ0n) is 14.6. The summed E-state index contributed by atoms with van der Waals surface area (Å²) in [6, 6.07) is 13.7. The minimum absolute atomic E-state index is 0.121. The predicted molar refractivity (Wildman–Crippen MR) is 97.3 cm³/mol. The molecule has 3 rings (SSSR count). The minimum Gasteiger partial charge on any atom is -0.480 e. The SMILES string of the molecule is CC(NC(=O)CN(C1CC1)C(C)C(=O)O)c1ccc2ccccc2c1. The zero-order valence-corrected chi connectivity index (χ0v) is 14.6. The Hall–Kier alpha value is -2.40. The van der Waals surface area contributed by atoms with Crippen LogP contribution in [0.3, 0.4) is 0 Å². The van der Waals surface area contributed by atoms with Gasteiger partial charge in [-0.2, -0.15) is 0 Å². The van der Waals surface area contributed by atoms with Gasteiger partial charge in [0.25, 0.3) is 0 Å². The molecule has 2 unspecified atom stereocenters. The van der Waals surface area contributed by atoms with E-state index in [-0.39, 0.29) is 24.5 Å². The van der Waals surface area contributed by atoms with Gasteiger partial charge >= 0.3 is 5.97 Å². The number of benzene rings is 2. The van der Waals surface area contributed by atoms with Gasteiger partial charge in [-0.3, -0.25) is 14.5 Å². The van der Waals surface area contributed by atoms with Gasteiger partial charge in [0.1, 0.15) is 6.04 Å². The molecule has 5 heteroatoms. The largest absolute Gasteiger partial charge is 0.480 e. The Morgan fingerprint density at radius 2 is 1.84 bits per heavy atom. The van der Waals surface area contributed by atoms with Crippen molar-refractivity contribution in [3.05, 3.63) is 48.0 Å². The van der Waals surface area contributed by atoms with Crippen LogP contribution in [-0.2, 0) is 9.59 Å². The number of carboxylic acids is 1. The summed E-state index contributed by atoms with van der Waals surface area (Å²) in [6.07, 6.45) is 1.93. The number of hydrogen-bond donors (Lipinski definition) is 2. The Morgan fingerprint density at radius 3 is 2.48 bits per heavy atom. The van der Waals surface area contributed by atoms with Gasteiger partial charge in [0, 0.05) is 6.04 Å². The number of hydrogen-bond acceptors (Lipinski definition) is 3. The number of nitrogens with zero attached hydrogens (tertiary/aromatic N) is 1. The average molecular weight is 340 g/mol. The monoisotopic (exact) mass is 340 g/mol. The highest BCUT2D eigenvalue weighted by molar-refractivity contribution is 5.84. The Balaban J connectivity index is 1.65. The van der Waals surface area contributed by atoms with Crippen molar-refractivity contribution in [2.24, 2.45) is 0 Å². The standard InChI is InChI=1S/C20H24N2O3/c1-13(16-8-7-15-5-3-4-6-17(15)11-16)21-19(23)12-22(18-9-10-18)14(2)20(24)25/h3-8,11,13-14,18H,9-10,12H2,1-2H3,(H,21,23)(H,24,25). The average Bonchev–Trinajstić information content (AvgIpc) is 3.43. The van der Waals surface area contributed by atoms with Crippen molar-refractivity contribution < 1.29 is 14.7 Å². The number of amides is 1. The van der Waals surface area contributed by atoms with Gasteiger partial charge in [-0.25, -0.2) is 0 Å². The summed E-state index contributed by atoms with van der Waals surface area (Å²) in [4.78, 5) is 25.4. The van der Waals surface area contributed by atoms with E-state index in [9.17, 15) is 14.7 Å². The van der Waals surface area contributed by atoms with Crippen LogP contribution in [0.4, 0.5) is 0 Å². The molecule has 5 nitrogen and oxygen atoms in total. The van der Waals surface area contributed by atoms with E-state index in [1.807, 2.05) is 25.1 Å². The van der Waals surface area contributed by atoms with Crippen LogP contribution in [0.25, 0.3) is 10.8 Å². The van der Waals surface area contributed by atoms with Crippen molar-refractivity contribution in [2.45, 2.75) is 44.8 Å². The first-order chi connectivity index (χ1) is 12.0. The highest BCUT2D eigenvalue weighted by Crippen LogP contribution is 2.28. The molecule has 132 valence electrons. The van der Waals surface area contributed by atoms with E-state index in [1.165, 1.54) is 5.39 Å². The molecule has 2 N–H and O–H groups in total. The normalized spacial score (nSPS) is 16.6. The second kappa shape index (κ2) is 7.23. The molecule has 25 heavy (non-hydrogen) atoms. The molecule has 1 aliphatic carbocycles. The minimum atomic E-state index is -0.887. The van der Waals surface area contributed by atoms with Crippen LogP contribution in [0.5, 0.6) is 0 Å². The summed E-state index contributed by atoms with van der Waals surface area (Å²) in [6.45, 7) is 3.71. The van der Waals surface area contributed by atoms with E-state index in [2.05, 4.69) is 29.6 Å². The third-order valence-electron chi connectivity index (χ3n) is 4.85. The number of carbonyl (C=O) groups is 2. The third kappa shape index (κ3) is 4.17. The van der Waals surface area contributed by atoms with Gasteiger partial charge in [0.2, 0.25) is 5.91 Å². The van der Waals surface area contributed by atoms with Gasteiger partial charge in [-0.15, -0.1) is 0 Å². The summed E-state index contributed by atoms with van der Waals surface area (Å²) < 4.78 is 0. The molecule has 0 aliphatic heterocycles. The molecule has 1 amide bonds. The fraction of sp³-hybridized carbons (Fsp3) is 0.400. The van der Waals surface area contributed by atoms with E-state index in [1.54, 1.807) is 11.8 Å². The quantitative estimate of drug-likeness (QED) is 0.813. The summed E-state index contributed by atoms with van der Waals surface area (Å²) in [5.41, 5.74) is 1.04. The summed E-state index contributed by atoms with van der Waals surface area (Å²) in [5, 5.41) is 14.5. The number of rotatable bonds is 7. The molecule has 0 spiro atoms. The Kier molecular flexibility index (Phi) is 5.04. The number of nitrogens with one attached hydrogen (secondary N) is 1. The lowest BCUT2D eigenvalue weighted by molar-refractivity contribution is -0.143. The van der Waals surface area contributed by atoms with E-state index in [0.29, 0.717) is 0 Å². The first-order valence-corrected chi connectivity index (χ1v) is 8.72. The molecule has 2 aromatic rings. The molecule has 0 bridgehead atoms. The molecule has 2 aromatic carbocycles. The molecule has 0 radical (unpaired) electrons. The fourth-order valence-corrected chi connectivity index (χ4v) is 3.14. The highest BCUT2D eigenvalue weighted by atomic mass is 16.4. The molecule has 1 saturated carbocycles. The van der Waals surface area contributed by atoms with Crippen LogP contribution in [0.2, 0.25) is 0 Å². The second-order valence-corrected chi connectivity index (χ2v) is 6.81. The maximum atomic E-state index is 12.4. The van der Waals surface area contributed by atoms with E-state index < -0.39 is 12.0 Å². The lowest BCUT2D eigenvalue weighted by Crippen LogP contribution is -2.46. The predicted octanol–water partition coefficient (Wildman–Crippen LogP) is 2.95. The van der Waals surface area contributed by atoms with Crippen molar-refractivity contribution in [3.8, 4) is 0 Å². The van der Waals surface area contributed by atoms with Gasteiger partial charge in [-0.05, 0) is 49.1 Å². The first-order valence-electron chi connectivity index (χ1n) is 8.72. The second-order valence-electron chi connectivity index (χ2n) is 6.81. The van der Waals surface area contributed by atoms with E-state index >= 15 is 0 Å². The zero-order chi connectivity index (χ0) is 18.0. The first kappa shape index (κ1) is 17.4.